The van der Waals surface area contributed by atoms with Crippen LogP contribution in [-0.4, -0.2) is 39.5 Å². The first-order chi connectivity index (χ1) is 11.2. The number of aromatic nitrogens is 2. The lowest BCUT2D eigenvalue weighted by Crippen LogP contribution is -2.35. The summed E-state index contributed by atoms with van der Waals surface area (Å²) in [4.78, 5) is 26.5. The fraction of sp³-hybridized carbons (Fsp3) is 0.750. The Bertz CT molecular complexity index is 568. The van der Waals surface area contributed by atoms with Crippen LogP contribution in [-0.2, 0) is 16.0 Å². The molecule has 0 bridgehead atoms. The number of nitrogens with zero attached hydrogens (tertiary/aromatic N) is 3. The van der Waals surface area contributed by atoms with Crippen molar-refractivity contribution in [2.75, 3.05) is 11.9 Å². The van der Waals surface area contributed by atoms with Crippen molar-refractivity contribution in [3.05, 3.63) is 5.01 Å². The molecule has 1 aliphatic carbocycles. The molecule has 1 aromatic heterocycles. The number of hydrogen-bond donors (Lipinski definition) is 1. The van der Waals surface area contributed by atoms with Crippen molar-refractivity contribution in [3.8, 4) is 0 Å². The van der Waals surface area contributed by atoms with Gasteiger partial charge in [-0.3, -0.25) is 9.59 Å². The number of unbranched alkanes of at least 4 members (excludes halogenated alkanes) is 1. The van der Waals surface area contributed by atoms with Gasteiger partial charge in [-0.1, -0.05) is 37.5 Å². The fourth-order valence-corrected chi connectivity index (χ4v) is 4.20. The molecule has 1 N–H and O–H groups in total. The number of carbonyl (C=O) groups is 2. The van der Waals surface area contributed by atoms with Crippen molar-refractivity contribution < 1.29 is 9.59 Å². The summed E-state index contributed by atoms with van der Waals surface area (Å²) in [6.45, 7) is 2.69. The first-order valence-corrected chi connectivity index (χ1v) is 9.41. The molecule has 1 saturated heterocycles. The zero-order valence-electron chi connectivity index (χ0n) is 13.6. The Morgan fingerprint density at radius 1 is 1.35 bits per heavy atom. The average molecular weight is 336 g/mol. The van der Waals surface area contributed by atoms with Crippen molar-refractivity contribution >= 4 is 28.3 Å². The van der Waals surface area contributed by atoms with Gasteiger partial charge in [-0.05, 0) is 19.3 Å². The van der Waals surface area contributed by atoms with Gasteiger partial charge in [0, 0.05) is 25.4 Å². The molecule has 2 amide bonds. The first-order valence-electron chi connectivity index (χ1n) is 8.60. The molecule has 3 rings (SSSR count). The SMILES string of the molecule is CCCCc1nnc(NC(=O)[C@H]2CC(=O)N(C3CCCC3)C2)s1. The van der Waals surface area contributed by atoms with Gasteiger partial charge in [-0.15, -0.1) is 10.2 Å². The largest absolute Gasteiger partial charge is 0.339 e. The Morgan fingerprint density at radius 2 is 2.13 bits per heavy atom. The quantitative estimate of drug-likeness (QED) is 0.866. The van der Waals surface area contributed by atoms with Gasteiger partial charge in [0.1, 0.15) is 5.01 Å². The smallest absolute Gasteiger partial charge is 0.231 e. The summed E-state index contributed by atoms with van der Waals surface area (Å²) in [6.07, 6.45) is 7.96. The molecule has 23 heavy (non-hydrogen) atoms. The molecule has 1 atom stereocenters. The Kier molecular flexibility index (Phi) is 5.25. The number of aryl methyl sites for hydroxylation is 1. The van der Waals surface area contributed by atoms with E-state index in [4.69, 9.17) is 0 Å². The van der Waals surface area contributed by atoms with Crippen LogP contribution in [0.2, 0.25) is 0 Å². The Hall–Kier alpha value is -1.50. The van der Waals surface area contributed by atoms with Gasteiger partial charge in [-0.25, -0.2) is 0 Å². The summed E-state index contributed by atoms with van der Waals surface area (Å²) < 4.78 is 0. The summed E-state index contributed by atoms with van der Waals surface area (Å²) in [6, 6.07) is 0.350. The van der Waals surface area contributed by atoms with Gasteiger partial charge < -0.3 is 10.2 Å². The highest BCUT2D eigenvalue weighted by molar-refractivity contribution is 7.15. The van der Waals surface area contributed by atoms with Crippen molar-refractivity contribution in [3.63, 3.8) is 0 Å². The third kappa shape index (κ3) is 3.88. The van der Waals surface area contributed by atoms with Crippen LogP contribution >= 0.6 is 11.3 Å². The highest BCUT2D eigenvalue weighted by Crippen LogP contribution is 2.30. The molecule has 1 aromatic rings. The molecule has 0 spiro atoms. The zero-order chi connectivity index (χ0) is 16.2. The molecular weight excluding hydrogens is 312 g/mol. The standard InChI is InChI=1S/C16H24N4O2S/c1-2-3-8-13-18-19-16(23-13)17-15(22)11-9-14(21)20(10-11)12-6-4-5-7-12/h11-12H,2-10H2,1H3,(H,17,19,22)/t11-/m0/s1. The number of hydrogen-bond acceptors (Lipinski definition) is 5. The maximum atomic E-state index is 12.4. The molecule has 126 valence electrons. The lowest BCUT2D eigenvalue weighted by atomic mass is 10.1. The highest BCUT2D eigenvalue weighted by atomic mass is 32.1. The normalized spacial score (nSPS) is 22.0. The highest BCUT2D eigenvalue weighted by Gasteiger charge is 2.38. The van der Waals surface area contributed by atoms with E-state index in [1.807, 2.05) is 4.90 Å². The second-order valence-electron chi connectivity index (χ2n) is 6.48. The van der Waals surface area contributed by atoms with E-state index >= 15 is 0 Å². The van der Waals surface area contributed by atoms with Crippen LogP contribution in [0, 0.1) is 5.92 Å². The molecule has 0 aromatic carbocycles. The van der Waals surface area contributed by atoms with E-state index in [0.29, 0.717) is 24.1 Å². The van der Waals surface area contributed by atoms with Gasteiger partial charge in [0.15, 0.2) is 0 Å². The monoisotopic (exact) mass is 336 g/mol. The van der Waals surface area contributed by atoms with Crippen molar-refractivity contribution in [2.45, 2.75) is 64.3 Å². The molecule has 7 heteroatoms. The average Bonchev–Trinajstić information content (AvgIpc) is 3.25. The van der Waals surface area contributed by atoms with Gasteiger partial charge in [0.25, 0.3) is 0 Å². The van der Waals surface area contributed by atoms with Gasteiger partial charge in [0.05, 0.1) is 5.92 Å². The number of anilines is 1. The lowest BCUT2D eigenvalue weighted by Gasteiger charge is -2.23. The minimum absolute atomic E-state index is 0.1000. The number of amides is 2. The summed E-state index contributed by atoms with van der Waals surface area (Å²) in [5, 5.41) is 12.5. The maximum absolute atomic E-state index is 12.4. The summed E-state index contributed by atoms with van der Waals surface area (Å²) in [7, 11) is 0. The molecule has 1 saturated carbocycles. The second-order valence-corrected chi connectivity index (χ2v) is 7.54. The maximum Gasteiger partial charge on any atom is 0.231 e. The Balaban J connectivity index is 1.54. The number of rotatable bonds is 6. The summed E-state index contributed by atoms with van der Waals surface area (Å²) >= 11 is 1.43. The van der Waals surface area contributed by atoms with Crippen LogP contribution < -0.4 is 5.32 Å². The third-order valence-corrected chi connectivity index (χ3v) is 5.63. The van der Waals surface area contributed by atoms with Crippen molar-refractivity contribution in [1.29, 1.82) is 0 Å². The number of likely N-dealkylation sites (tertiary alicyclic amines) is 1. The predicted octanol–water partition coefficient (Wildman–Crippen LogP) is 2.61. The van der Waals surface area contributed by atoms with Crippen LogP contribution in [0.1, 0.15) is 56.9 Å². The van der Waals surface area contributed by atoms with Crippen LogP contribution in [0.15, 0.2) is 0 Å². The van der Waals surface area contributed by atoms with E-state index in [0.717, 1.165) is 37.1 Å². The van der Waals surface area contributed by atoms with Crippen molar-refractivity contribution in [1.82, 2.24) is 15.1 Å². The van der Waals surface area contributed by atoms with Gasteiger partial charge in [-0.2, -0.15) is 0 Å². The summed E-state index contributed by atoms with van der Waals surface area (Å²) in [5.41, 5.74) is 0. The topological polar surface area (TPSA) is 75.2 Å². The van der Waals surface area contributed by atoms with Crippen LogP contribution in [0.5, 0.6) is 0 Å². The van der Waals surface area contributed by atoms with E-state index in [1.54, 1.807) is 0 Å². The van der Waals surface area contributed by atoms with E-state index in [2.05, 4.69) is 22.4 Å². The molecule has 2 fully saturated rings. The molecule has 0 radical (unpaired) electrons. The van der Waals surface area contributed by atoms with E-state index in [9.17, 15) is 9.59 Å². The predicted molar refractivity (Wildman–Crippen MR) is 89.2 cm³/mol. The second kappa shape index (κ2) is 7.38. The fourth-order valence-electron chi connectivity index (χ4n) is 3.42. The molecule has 6 nitrogen and oxygen atoms in total. The van der Waals surface area contributed by atoms with Crippen molar-refractivity contribution in [2.24, 2.45) is 5.92 Å². The molecule has 0 unspecified atom stereocenters. The number of nitrogens with one attached hydrogen (secondary N) is 1. The minimum atomic E-state index is -0.258. The third-order valence-electron chi connectivity index (χ3n) is 4.74. The van der Waals surface area contributed by atoms with Crippen LogP contribution in [0.3, 0.4) is 0 Å². The Labute approximate surface area is 140 Å². The molecule has 1 aliphatic heterocycles. The van der Waals surface area contributed by atoms with E-state index in [1.165, 1.54) is 24.2 Å². The van der Waals surface area contributed by atoms with E-state index in [-0.39, 0.29) is 17.7 Å². The molecule has 2 aliphatic rings. The number of carbonyl (C=O) groups excluding carboxylic acids is 2. The lowest BCUT2D eigenvalue weighted by molar-refractivity contribution is -0.129. The van der Waals surface area contributed by atoms with Gasteiger partial charge >= 0.3 is 0 Å². The van der Waals surface area contributed by atoms with Gasteiger partial charge in [0.2, 0.25) is 16.9 Å². The van der Waals surface area contributed by atoms with Crippen LogP contribution in [0.25, 0.3) is 0 Å². The molecule has 2 heterocycles. The van der Waals surface area contributed by atoms with Crippen LogP contribution in [0.4, 0.5) is 5.13 Å². The minimum Gasteiger partial charge on any atom is -0.339 e. The zero-order valence-corrected chi connectivity index (χ0v) is 14.4. The van der Waals surface area contributed by atoms with E-state index < -0.39 is 0 Å². The Morgan fingerprint density at radius 3 is 2.87 bits per heavy atom. The molecular formula is C16H24N4O2S. The first kappa shape index (κ1) is 16.4. The summed E-state index contributed by atoms with van der Waals surface area (Å²) in [5.74, 6) is -0.235.